The number of carbonyl (C=O) groups is 1. The molecule has 0 amide bonds. The van der Waals surface area contributed by atoms with Crippen LogP contribution in [-0.2, 0) is 14.8 Å². The Balaban J connectivity index is 2.96. The molecule has 0 aliphatic carbocycles. The van der Waals surface area contributed by atoms with Gasteiger partial charge in [-0.05, 0) is 12.1 Å². The lowest BCUT2D eigenvalue weighted by Crippen LogP contribution is -2.05. The summed E-state index contributed by atoms with van der Waals surface area (Å²) in [5.41, 5.74) is 1.41. The van der Waals surface area contributed by atoms with Crippen LogP contribution in [0.5, 0.6) is 5.75 Å². The minimum Gasteiger partial charge on any atom is -0.467 e. The van der Waals surface area contributed by atoms with E-state index in [9.17, 15) is 4.79 Å². The van der Waals surface area contributed by atoms with Crippen LogP contribution in [0.3, 0.4) is 0 Å². The van der Waals surface area contributed by atoms with Gasteiger partial charge in [-0.15, -0.1) is 0 Å². The van der Waals surface area contributed by atoms with Crippen LogP contribution in [0.25, 0.3) is 0 Å². The number of carbonyl (C=O) groups excluding carboxylic acids is 1. The van der Waals surface area contributed by atoms with Crippen molar-refractivity contribution in [3.05, 3.63) is 29.3 Å². The smallest absolute Gasteiger partial charge is 0.337 e. The van der Waals surface area contributed by atoms with Crippen LogP contribution in [0, 0.1) is 0 Å². The van der Waals surface area contributed by atoms with Crippen LogP contribution < -0.4 is 4.74 Å². The van der Waals surface area contributed by atoms with Gasteiger partial charge in [0.1, 0.15) is 5.75 Å². The molecule has 0 spiro atoms. The largest absolute Gasteiger partial charge is 0.467 e. The van der Waals surface area contributed by atoms with E-state index in [0.717, 1.165) is 5.56 Å². The van der Waals surface area contributed by atoms with Crippen LogP contribution in [0.2, 0.25) is 0 Å². The molecule has 0 atom stereocenters. The number of benzene rings is 1. The monoisotopic (exact) mass is 288 g/mol. The van der Waals surface area contributed by atoms with Crippen LogP contribution in [0.15, 0.2) is 18.2 Å². The quantitative estimate of drug-likeness (QED) is 0.474. The summed E-state index contributed by atoms with van der Waals surface area (Å²) in [6.45, 7) is 0.143. The molecule has 16 heavy (non-hydrogen) atoms. The predicted octanol–water partition coefficient (Wildman–Crippen LogP) is 2.35. The molecule has 1 aromatic carbocycles. The number of hydrogen-bond acceptors (Lipinski definition) is 4. The number of hydrogen-bond donors (Lipinski definition) is 0. The third-order valence-corrected chi connectivity index (χ3v) is 2.57. The Kier molecular flexibility index (Phi) is 5.28. The Bertz CT molecular complexity index is 365. The van der Waals surface area contributed by atoms with Gasteiger partial charge in [0.2, 0.25) is 0 Å². The Morgan fingerprint density at radius 3 is 2.69 bits per heavy atom. The van der Waals surface area contributed by atoms with Crippen LogP contribution in [0.4, 0.5) is 0 Å². The van der Waals surface area contributed by atoms with Crippen molar-refractivity contribution >= 4 is 21.9 Å². The van der Waals surface area contributed by atoms with Gasteiger partial charge in [-0.3, -0.25) is 0 Å². The number of methoxy groups -OCH3 is 2. The fourth-order valence-electron chi connectivity index (χ4n) is 1.17. The fourth-order valence-corrected chi connectivity index (χ4v) is 1.63. The summed E-state index contributed by atoms with van der Waals surface area (Å²) in [5.74, 6) is 0.227. The zero-order chi connectivity index (χ0) is 12.0. The van der Waals surface area contributed by atoms with E-state index in [-0.39, 0.29) is 12.8 Å². The molecular formula is C11H13BrO4. The Morgan fingerprint density at radius 1 is 1.38 bits per heavy atom. The standard InChI is InChI=1S/C11H13BrO4/c1-14-7-16-10-5-8(11(13)15-2)3-4-9(10)6-12/h3-5H,6-7H2,1-2H3. The van der Waals surface area contributed by atoms with Crippen LogP contribution in [0.1, 0.15) is 15.9 Å². The molecular weight excluding hydrogens is 276 g/mol. The van der Waals surface area contributed by atoms with Gasteiger partial charge >= 0.3 is 5.97 Å². The van der Waals surface area contributed by atoms with Gasteiger partial charge < -0.3 is 14.2 Å². The van der Waals surface area contributed by atoms with Crippen molar-refractivity contribution in [3.8, 4) is 5.75 Å². The number of halogens is 1. The van der Waals surface area contributed by atoms with E-state index in [1.165, 1.54) is 14.2 Å². The predicted molar refractivity (Wildman–Crippen MR) is 62.9 cm³/mol. The molecule has 0 aromatic heterocycles. The SMILES string of the molecule is COCOc1cc(C(=O)OC)ccc1CBr. The van der Waals surface area contributed by atoms with E-state index >= 15 is 0 Å². The van der Waals surface area contributed by atoms with Crippen molar-refractivity contribution in [2.24, 2.45) is 0 Å². The minimum absolute atomic E-state index is 0.143. The molecule has 0 N–H and O–H groups in total. The lowest BCUT2D eigenvalue weighted by molar-refractivity contribution is 0.0499. The molecule has 0 saturated heterocycles. The number of esters is 1. The van der Waals surface area contributed by atoms with E-state index in [1.807, 2.05) is 6.07 Å². The Morgan fingerprint density at radius 2 is 2.12 bits per heavy atom. The molecule has 0 saturated carbocycles. The molecule has 4 nitrogen and oxygen atoms in total. The highest BCUT2D eigenvalue weighted by Crippen LogP contribution is 2.23. The van der Waals surface area contributed by atoms with Crippen LogP contribution in [-0.4, -0.2) is 27.0 Å². The number of alkyl halides is 1. The Hall–Kier alpha value is -1.07. The molecule has 0 bridgehead atoms. The first-order valence-electron chi connectivity index (χ1n) is 4.62. The molecule has 88 valence electrons. The first-order valence-corrected chi connectivity index (χ1v) is 5.74. The average molecular weight is 289 g/mol. The topological polar surface area (TPSA) is 44.8 Å². The minimum atomic E-state index is -0.386. The highest BCUT2D eigenvalue weighted by atomic mass is 79.9. The van der Waals surface area contributed by atoms with Crippen LogP contribution >= 0.6 is 15.9 Å². The molecule has 5 heteroatoms. The normalized spacial score (nSPS) is 9.94. The zero-order valence-electron chi connectivity index (χ0n) is 9.16. The molecule has 0 unspecified atom stereocenters. The third-order valence-electron chi connectivity index (χ3n) is 1.96. The first-order chi connectivity index (χ1) is 7.72. The molecule has 1 aromatic rings. The summed E-state index contributed by atoms with van der Waals surface area (Å²) < 4.78 is 14.8. The van der Waals surface area contributed by atoms with Gasteiger partial charge in [0, 0.05) is 18.0 Å². The van der Waals surface area contributed by atoms with Crippen molar-refractivity contribution in [1.29, 1.82) is 0 Å². The van der Waals surface area contributed by atoms with E-state index in [1.54, 1.807) is 12.1 Å². The highest BCUT2D eigenvalue weighted by molar-refractivity contribution is 9.08. The van der Waals surface area contributed by atoms with Crippen molar-refractivity contribution < 1.29 is 19.0 Å². The van der Waals surface area contributed by atoms with E-state index in [0.29, 0.717) is 16.6 Å². The van der Waals surface area contributed by atoms with Gasteiger partial charge in [-0.2, -0.15) is 0 Å². The van der Waals surface area contributed by atoms with E-state index < -0.39 is 0 Å². The second-order valence-corrected chi connectivity index (χ2v) is 3.56. The van der Waals surface area contributed by atoms with Crippen molar-refractivity contribution in [2.45, 2.75) is 5.33 Å². The lowest BCUT2D eigenvalue weighted by atomic mass is 10.1. The molecule has 0 fully saturated rings. The first kappa shape index (κ1) is 13.0. The zero-order valence-corrected chi connectivity index (χ0v) is 10.7. The van der Waals surface area contributed by atoms with Crippen molar-refractivity contribution in [1.82, 2.24) is 0 Å². The summed E-state index contributed by atoms with van der Waals surface area (Å²) in [6.07, 6.45) is 0. The second-order valence-electron chi connectivity index (χ2n) is 3.00. The lowest BCUT2D eigenvalue weighted by Gasteiger charge is -2.10. The summed E-state index contributed by atoms with van der Waals surface area (Å²) in [6, 6.07) is 5.15. The molecule has 0 radical (unpaired) electrons. The Labute approximate surface area is 103 Å². The van der Waals surface area contributed by atoms with E-state index in [2.05, 4.69) is 20.7 Å². The fraction of sp³-hybridized carbons (Fsp3) is 0.364. The molecule has 0 aliphatic heterocycles. The summed E-state index contributed by atoms with van der Waals surface area (Å²) in [7, 11) is 2.88. The maximum absolute atomic E-state index is 11.3. The van der Waals surface area contributed by atoms with Crippen molar-refractivity contribution in [2.75, 3.05) is 21.0 Å². The summed E-state index contributed by atoms with van der Waals surface area (Å²) >= 11 is 3.34. The number of ether oxygens (including phenoxy) is 3. The number of rotatable bonds is 5. The average Bonchev–Trinajstić information content (AvgIpc) is 2.34. The van der Waals surface area contributed by atoms with Gasteiger partial charge in [-0.1, -0.05) is 22.0 Å². The molecule has 1 rings (SSSR count). The maximum atomic E-state index is 11.3. The van der Waals surface area contributed by atoms with Gasteiger partial charge in [0.15, 0.2) is 6.79 Å². The highest BCUT2D eigenvalue weighted by Gasteiger charge is 2.10. The molecule has 0 heterocycles. The summed E-state index contributed by atoms with van der Waals surface area (Å²) in [4.78, 5) is 11.3. The van der Waals surface area contributed by atoms with Gasteiger partial charge in [-0.25, -0.2) is 4.79 Å². The third kappa shape index (κ3) is 3.21. The maximum Gasteiger partial charge on any atom is 0.337 e. The second kappa shape index (κ2) is 6.50. The van der Waals surface area contributed by atoms with E-state index in [4.69, 9.17) is 9.47 Å². The molecule has 0 aliphatic rings. The van der Waals surface area contributed by atoms with Gasteiger partial charge in [0.05, 0.1) is 12.7 Å². The van der Waals surface area contributed by atoms with Crippen molar-refractivity contribution in [3.63, 3.8) is 0 Å². The summed E-state index contributed by atoms with van der Waals surface area (Å²) in [5, 5.41) is 0.646. The van der Waals surface area contributed by atoms with Gasteiger partial charge in [0.25, 0.3) is 0 Å².